The lowest BCUT2D eigenvalue weighted by molar-refractivity contribution is -0.176. The average Bonchev–Trinajstić information content (AvgIpc) is 2.84. The van der Waals surface area contributed by atoms with E-state index in [1.54, 1.807) is 24.3 Å². The van der Waals surface area contributed by atoms with E-state index in [4.69, 9.17) is 14.2 Å². The summed E-state index contributed by atoms with van der Waals surface area (Å²) in [7, 11) is 0. The Labute approximate surface area is 169 Å². The maximum atomic E-state index is 12.5. The third kappa shape index (κ3) is 6.26. The number of hydrogen-bond acceptors (Lipinski definition) is 4. The van der Waals surface area contributed by atoms with Crippen molar-refractivity contribution in [3.63, 3.8) is 0 Å². The van der Waals surface area contributed by atoms with Crippen LogP contribution in [0.4, 0.5) is 18.0 Å². The van der Waals surface area contributed by atoms with Crippen molar-refractivity contribution in [3.8, 4) is 5.75 Å². The molecule has 162 valence electrons. The van der Waals surface area contributed by atoms with Crippen LogP contribution in [0.3, 0.4) is 0 Å². The number of rotatable bonds is 5. The van der Waals surface area contributed by atoms with Gasteiger partial charge in [0.05, 0.1) is 6.61 Å². The first-order valence-corrected chi connectivity index (χ1v) is 9.91. The second-order valence-corrected chi connectivity index (χ2v) is 8.74. The van der Waals surface area contributed by atoms with E-state index in [9.17, 15) is 18.0 Å². The summed E-state index contributed by atoms with van der Waals surface area (Å²) in [6, 6.07) is 7.12. The Morgan fingerprint density at radius 3 is 2.38 bits per heavy atom. The summed E-state index contributed by atoms with van der Waals surface area (Å²) in [6.45, 7) is 4.17. The van der Waals surface area contributed by atoms with Gasteiger partial charge in [-0.2, -0.15) is 13.2 Å². The van der Waals surface area contributed by atoms with Gasteiger partial charge < -0.3 is 19.1 Å². The number of alkyl halides is 3. The maximum Gasteiger partial charge on any atom is 0.411 e. The molecule has 0 spiro atoms. The van der Waals surface area contributed by atoms with Gasteiger partial charge in [0.1, 0.15) is 24.1 Å². The van der Waals surface area contributed by atoms with Crippen molar-refractivity contribution >= 4 is 6.09 Å². The van der Waals surface area contributed by atoms with Crippen molar-refractivity contribution in [2.45, 2.75) is 83.0 Å². The minimum absolute atomic E-state index is 0.0440. The molecule has 0 N–H and O–H groups in total. The number of nitrogens with zero attached hydrogens (tertiary/aromatic N) is 1. The minimum atomic E-state index is -4.34. The molecule has 2 bridgehead atoms. The molecule has 0 saturated carbocycles. The predicted octanol–water partition coefficient (Wildman–Crippen LogP) is 5.07. The monoisotopic (exact) mass is 415 g/mol. The Balaban J connectivity index is 1.55. The number of benzene rings is 1. The summed E-state index contributed by atoms with van der Waals surface area (Å²) in [5.41, 5.74) is 0.0966. The van der Waals surface area contributed by atoms with Crippen LogP contribution >= 0.6 is 0 Å². The van der Waals surface area contributed by atoms with Crippen molar-refractivity contribution in [1.29, 1.82) is 0 Å². The fourth-order valence-electron chi connectivity index (χ4n) is 4.02. The highest BCUT2D eigenvalue weighted by atomic mass is 19.4. The molecule has 2 fully saturated rings. The van der Waals surface area contributed by atoms with Crippen molar-refractivity contribution in [3.05, 3.63) is 29.8 Å². The fourth-order valence-corrected chi connectivity index (χ4v) is 4.02. The molecule has 1 aromatic rings. The quantitative estimate of drug-likeness (QED) is 0.673. The van der Waals surface area contributed by atoms with Gasteiger partial charge in [0.2, 0.25) is 0 Å². The van der Waals surface area contributed by atoms with Crippen molar-refractivity contribution in [2.75, 3.05) is 6.61 Å². The summed E-state index contributed by atoms with van der Waals surface area (Å²) in [6.07, 6.45) is -1.38. The van der Waals surface area contributed by atoms with Crippen molar-refractivity contribution < 1.29 is 32.2 Å². The molecule has 1 aromatic carbocycles. The highest BCUT2D eigenvalue weighted by molar-refractivity contribution is 5.69. The smallest absolute Gasteiger partial charge is 0.411 e. The Morgan fingerprint density at radius 1 is 1.14 bits per heavy atom. The minimum Gasteiger partial charge on any atom is -0.490 e. The molecule has 0 radical (unpaired) electrons. The van der Waals surface area contributed by atoms with Crippen LogP contribution in [0.5, 0.6) is 5.75 Å². The summed E-state index contributed by atoms with van der Waals surface area (Å²) in [5.74, 6) is 0.605. The number of ether oxygens (including phenoxy) is 3. The maximum absolute atomic E-state index is 12.5. The van der Waals surface area contributed by atoms with E-state index in [2.05, 4.69) is 0 Å². The van der Waals surface area contributed by atoms with E-state index in [0.717, 1.165) is 12.8 Å². The van der Waals surface area contributed by atoms with Crippen LogP contribution in [-0.2, 0) is 16.1 Å². The molecule has 2 aliphatic heterocycles. The van der Waals surface area contributed by atoms with Gasteiger partial charge in [-0.15, -0.1) is 0 Å². The van der Waals surface area contributed by atoms with E-state index in [-0.39, 0.29) is 30.9 Å². The Bertz CT molecular complexity index is 703. The van der Waals surface area contributed by atoms with Gasteiger partial charge in [0.15, 0.2) is 0 Å². The summed E-state index contributed by atoms with van der Waals surface area (Å²) in [5, 5.41) is 0. The van der Waals surface area contributed by atoms with Gasteiger partial charge in [0, 0.05) is 24.9 Å². The first kappa shape index (κ1) is 21.7. The summed E-state index contributed by atoms with van der Waals surface area (Å²) in [4.78, 5) is 14.4. The molecule has 0 aromatic heterocycles. The number of carbonyl (C=O) groups excluding carboxylic acids is 1. The molecule has 2 heterocycles. The molecular formula is C21H28F3NO4. The summed E-state index contributed by atoms with van der Waals surface area (Å²) < 4.78 is 53.0. The molecule has 3 rings (SSSR count). The van der Waals surface area contributed by atoms with Crippen molar-refractivity contribution in [2.24, 2.45) is 0 Å². The lowest BCUT2D eigenvalue weighted by Gasteiger charge is -2.39. The Kier molecular flexibility index (Phi) is 6.31. The van der Waals surface area contributed by atoms with E-state index >= 15 is 0 Å². The van der Waals surface area contributed by atoms with E-state index < -0.39 is 18.4 Å². The lowest BCUT2D eigenvalue weighted by Crippen LogP contribution is -2.50. The molecule has 1 amide bonds. The molecule has 0 aliphatic carbocycles. The van der Waals surface area contributed by atoms with E-state index in [1.165, 1.54) is 0 Å². The van der Waals surface area contributed by atoms with Crippen LogP contribution in [0.25, 0.3) is 0 Å². The van der Waals surface area contributed by atoms with Crippen LogP contribution in [0.1, 0.15) is 52.0 Å². The van der Waals surface area contributed by atoms with Gasteiger partial charge in [0.25, 0.3) is 0 Å². The van der Waals surface area contributed by atoms with Crippen molar-refractivity contribution in [1.82, 2.24) is 4.90 Å². The lowest BCUT2D eigenvalue weighted by atomic mass is 10.00. The second-order valence-electron chi connectivity index (χ2n) is 8.74. The zero-order valence-electron chi connectivity index (χ0n) is 17.0. The normalized spacial score (nSPS) is 24.5. The number of piperidine rings is 1. The summed E-state index contributed by atoms with van der Waals surface area (Å²) >= 11 is 0. The SMILES string of the molecule is CC(C)(C)OC(=O)N1[C@@H]2CC[C@H]1CC(Oc1cccc(COCC(F)(F)F)c1)C2. The van der Waals surface area contributed by atoms with E-state index in [1.807, 2.05) is 25.7 Å². The van der Waals surface area contributed by atoms with Crippen LogP contribution in [0, 0.1) is 0 Å². The Hall–Kier alpha value is -1.96. The van der Waals surface area contributed by atoms with Crippen LogP contribution in [0.15, 0.2) is 24.3 Å². The first-order valence-electron chi connectivity index (χ1n) is 9.91. The van der Waals surface area contributed by atoms with Crippen LogP contribution < -0.4 is 4.74 Å². The number of fused-ring (bicyclic) bond motifs is 2. The molecule has 1 unspecified atom stereocenters. The van der Waals surface area contributed by atoms with Gasteiger partial charge in [-0.3, -0.25) is 0 Å². The number of halogens is 3. The number of amides is 1. The second kappa shape index (κ2) is 8.42. The van der Waals surface area contributed by atoms with E-state index in [0.29, 0.717) is 24.2 Å². The first-order chi connectivity index (χ1) is 13.5. The largest absolute Gasteiger partial charge is 0.490 e. The molecular weight excluding hydrogens is 387 g/mol. The van der Waals surface area contributed by atoms with Gasteiger partial charge in [-0.1, -0.05) is 12.1 Å². The average molecular weight is 415 g/mol. The highest BCUT2D eigenvalue weighted by Crippen LogP contribution is 2.38. The van der Waals surface area contributed by atoms with Gasteiger partial charge >= 0.3 is 12.3 Å². The molecule has 5 nitrogen and oxygen atoms in total. The third-order valence-corrected chi connectivity index (χ3v) is 5.03. The number of carbonyl (C=O) groups is 1. The Morgan fingerprint density at radius 2 is 1.79 bits per heavy atom. The van der Waals surface area contributed by atoms with Crippen LogP contribution in [0.2, 0.25) is 0 Å². The molecule has 2 saturated heterocycles. The van der Waals surface area contributed by atoms with Crippen LogP contribution in [-0.4, -0.2) is 47.6 Å². The third-order valence-electron chi connectivity index (χ3n) is 5.03. The molecule has 29 heavy (non-hydrogen) atoms. The number of hydrogen-bond donors (Lipinski definition) is 0. The topological polar surface area (TPSA) is 48.0 Å². The fraction of sp³-hybridized carbons (Fsp3) is 0.667. The predicted molar refractivity (Wildman–Crippen MR) is 101 cm³/mol. The highest BCUT2D eigenvalue weighted by Gasteiger charge is 2.45. The van der Waals surface area contributed by atoms with Gasteiger partial charge in [-0.05, 0) is 51.3 Å². The standard InChI is InChI=1S/C21H28F3NO4/c1-20(2,3)29-19(26)25-15-7-8-16(25)11-18(10-15)28-17-6-4-5-14(9-17)12-27-13-21(22,23)24/h4-6,9,15-16,18H,7-8,10-13H2,1-3H3/t15-,16+,18?. The van der Waals surface area contributed by atoms with Gasteiger partial charge in [-0.25, -0.2) is 4.79 Å². The zero-order valence-corrected chi connectivity index (χ0v) is 17.0. The molecule has 2 aliphatic rings. The molecule has 8 heteroatoms. The zero-order chi connectivity index (χ0) is 21.2. The molecule has 3 atom stereocenters.